The maximum atomic E-state index is 3.66. The second-order valence-corrected chi connectivity index (χ2v) is 9.11. The van der Waals surface area contributed by atoms with Crippen molar-refractivity contribution in [3.05, 3.63) is 19.1 Å². The first kappa shape index (κ1) is 8.96. The molecule has 53 valence electrons. The lowest BCUT2D eigenvalue weighted by Crippen LogP contribution is -2.18. The molecule has 0 aromatic carbocycles. The van der Waals surface area contributed by atoms with E-state index >= 15 is 0 Å². The Kier molecular flexibility index (Phi) is 3.87. The Balaban J connectivity index is 3.17. The molecule has 0 saturated carbocycles. The number of unbranched alkanes of at least 4 members (excludes halogenated alkanes) is 1. The zero-order chi connectivity index (χ0) is 7.33. The molecular formula is C8H17Si. The smallest absolute Gasteiger partial charge is 0.0445 e. The molecule has 0 unspecified atom stereocenters. The highest BCUT2D eigenvalue weighted by atomic mass is 28.3. The van der Waals surface area contributed by atoms with E-state index < -0.39 is 8.07 Å². The molecule has 0 amide bonds. The van der Waals surface area contributed by atoms with Gasteiger partial charge in [0.1, 0.15) is 0 Å². The van der Waals surface area contributed by atoms with Crippen molar-refractivity contribution in [2.24, 2.45) is 0 Å². The minimum absolute atomic E-state index is 0.798. The number of hydrogen-bond donors (Lipinski definition) is 0. The highest BCUT2D eigenvalue weighted by Crippen LogP contribution is 2.11. The molecule has 0 spiro atoms. The molecule has 0 fully saturated rings. The van der Waals surface area contributed by atoms with Gasteiger partial charge in [0.2, 0.25) is 0 Å². The predicted octanol–water partition coefficient (Wildman–Crippen LogP) is 3.10. The minimum Gasteiger partial charge on any atom is -0.103 e. The van der Waals surface area contributed by atoms with Crippen LogP contribution in [0.1, 0.15) is 6.42 Å². The molecule has 0 aromatic rings. The summed E-state index contributed by atoms with van der Waals surface area (Å²) in [5.41, 5.74) is 0. The first-order valence-corrected chi connectivity index (χ1v) is 7.19. The van der Waals surface area contributed by atoms with Gasteiger partial charge in [-0.15, -0.1) is 6.58 Å². The largest absolute Gasteiger partial charge is 0.103 e. The lowest BCUT2D eigenvalue weighted by Gasteiger charge is -2.13. The van der Waals surface area contributed by atoms with Crippen molar-refractivity contribution < 1.29 is 0 Å². The van der Waals surface area contributed by atoms with Crippen LogP contribution in [0, 0.1) is 6.42 Å². The summed E-state index contributed by atoms with van der Waals surface area (Å²) in [5.74, 6) is 0. The molecule has 1 heteroatoms. The van der Waals surface area contributed by atoms with Crippen LogP contribution in [0.2, 0.25) is 25.7 Å². The molecule has 0 aromatic heterocycles. The average molecular weight is 141 g/mol. The molecule has 0 bridgehead atoms. The summed E-state index contributed by atoms with van der Waals surface area (Å²) >= 11 is 0. The van der Waals surface area contributed by atoms with Crippen LogP contribution in [-0.4, -0.2) is 8.07 Å². The van der Waals surface area contributed by atoms with E-state index in [1.165, 1.54) is 6.04 Å². The van der Waals surface area contributed by atoms with E-state index in [0.717, 1.165) is 6.42 Å². The monoisotopic (exact) mass is 141 g/mol. The van der Waals surface area contributed by atoms with Gasteiger partial charge in [-0.3, -0.25) is 0 Å². The summed E-state index contributed by atoms with van der Waals surface area (Å²) in [4.78, 5) is 0. The van der Waals surface area contributed by atoms with E-state index in [1.807, 2.05) is 6.08 Å². The Labute approximate surface area is 60.0 Å². The molecular weight excluding hydrogens is 124 g/mol. The summed E-state index contributed by atoms with van der Waals surface area (Å²) in [6.45, 7) is 10.8. The van der Waals surface area contributed by atoms with Gasteiger partial charge in [-0.25, -0.2) is 0 Å². The van der Waals surface area contributed by atoms with E-state index in [4.69, 9.17) is 0 Å². The number of hydrogen-bond acceptors (Lipinski definition) is 0. The van der Waals surface area contributed by atoms with Crippen LogP contribution >= 0.6 is 0 Å². The van der Waals surface area contributed by atoms with Crippen molar-refractivity contribution in [3.8, 4) is 0 Å². The molecule has 0 N–H and O–H groups in total. The zero-order valence-corrected chi connectivity index (χ0v) is 7.78. The van der Waals surface area contributed by atoms with Gasteiger partial charge in [-0.05, 0) is 12.8 Å². The highest BCUT2D eigenvalue weighted by molar-refractivity contribution is 6.76. The Hall–Kier alpha value is -0.0431. The normalized spacial score (nSPS) is 11.4. The Morgan fingerprint density at radius 2 is 1.89 bits per heavy atom. The van der Waals surface area contributed by atoms with Crippen molar-refractivity contribution in [1.82, 2.24) is 0 Å². The maximum Gasteiger partial charge on any atom is 0.0445 e. The van der Waals surface area contributed by atoms with Crippen LogP contribution in [0.3, 0.4) is 0 Å². The van der Waals surface area contributed by atoms with Gasteiger partial charge in [-0.1, -0.05) is 31.8 Å². The van der Waals surface area contributed by atoms with Crippen LogP contribution in [0.5, 0.6) is 0 Å². The first-order valence-electron chi connectivity index (χ1n) is 3.49. The van der Waals surface area contributed by atoms with Crippen LogP contribution in [0.25, 0.3) is 0 Å². The Bertz CT molecular complexity index is 79.1. The molecule has 0 nitrogen and oxygen atoms in total. The van der Waals surface area contributed by atoms with Gasteiger partial charge < -0.3 is 0 Å². The molecule has 1 radical (unpaired) electrons. The van der Waals surface area contributed by atoms with Gasteiger partial charge in [0.05, 0.1) is 0 Å². The minimum atomic E-state index is -0.798. The van der Waals surface area contributed by atoms with Crippen LogP contribution in [-0.2, 0) is 0 Å². The van der Waals surface area contributed by atoms with E-state index in [-0.39, 0.29) is 0 Å². The predicted molar refractivity (Wildman–Crippen MR) is 47.3 cm³/mol. The van der Waals surface area contributed by atoms with Crippen molar-refractivity contribution in [3.63, 3.8) is 0 Å². The zero-order valence-electron chi connectivity index (χ0n) is 6.78. The third-order valence-corrected chi connectivity index (χ3v) is 2.60. The van der Waals surface area contributed by atoms with Gasteiger partial charge in [-0.2, -0.15) is 0 Å². The maximum absolute atomic E-state index is 3.66. The molecule has 0 rings (SSSR count). The molecule has 0 aliphatic carbocycles. The molecule has 0 saturated heterocycles. The molecule has 0 heterocycles. The van der Waals surface area contributed by atoms with Crippen LogP contribution in [0.4, 0.5) is 0 Å². The van der Waals surface area contributed by atoms with E-state index in [2.05, 4.69) is 32.6 Å². The average Bonchev–Trinajstić information content (AvgIpc) is 1.63. The van der Waals surface area contributed by atoms with Crippen molar-refractivity contribution >= 4 is 8.07 Å². The lowest BCUT2D eigenvalue weighted by atomic mass is 10.3. The summed E-state index contributed by atoms with van der Waals surface area (Å²) in [7, 11) is -0.798. The van der Waals surface area contributed by atoms with Crippen LogP contribution in [0.15, 0.2) is 12.7 Å². The standard InChI is InChI=1S/C8H17Si/c1-5-6-7-8-9(2,3)4/h5,7H,1,6,8H2,2-4H3. The summed E-state index contributed by atoms with van der Waals surface area (Å²) in [6, 6.07) is 1.32. The second-order valence-electron chi connectivity index (χ2n) is 3.58. The quantitative estimate of drug-likeness (QED) is 0.320. The number of allylic oxidation sites excluding steroid dienone is 1. The highest BCUT2D eigenvalue weighted by Gasteiger charge is 2.10. The fourth-order valence-electron chi connectivity index (χ4n) is 0.634. The topological polar surface area (TPSA) is 0 Å². The molecule has 9 heavy (non-hydrogen) atoms. The molecule has 0 aliphatic heterocycles. The van der Waals surface area contributed by atoms with Crippen molar-refractivity contribution in [1.29, 1.82) is 0 Å². The Morgan fingerprint density at radius 1 is 1.33 bits per heavy atom. The van der Waals surface area contributed by atoms with E-state index in [1.54, 1.807) is 0 Å². The third kappa shape index (κ3) is 7.96. The van der Waals surface area contributed by atoms with Crippen molar-refractivity contribution in [2.45, 2.75) is 32.1 Å². The lowest BCUT2D eigenvalue weighted by molar-refractivity contribution is 1.18. The third-order valence-electron chi connectivity index (χ3n) is 1.09. The first-order chi connectivity index (χ1) is 4.06. The fourth-order valence-corrected chi connectivity index (χ4v) is 1.67. The van der Waals surface area contributed by atoms with Crippen molar-refractivity contribution in [2.75, 3.05) is 0 Å². The van der Waals surface area contributed by atoms with Gasteiger partial charge in [0.15, 0.2) is 0 Å². The second kappa shape index (κ2) is 3.88. The van der Waals surface area contributed by atoms with Gasteiger partial charge in [0, 0.05) is 8.07 Å². The molecule has 0 atom stereocenters. The fraction of sp³-hybridized carbons (Fsp3) is 0.625. The number of rotatable bonds is 4. The van der Waals surface area contributed by atoms with E-state index in [9.17, 15) is 0 Å². The molecule has 0 aliphatic rings. The van der Waals surface area contributed by atoms with Crippen LogP contribution < -0.4 is 0 Å². The Morgan fingerprint density at radius 3 is 2.22 bits per heavy atom. The summed E-state index contributed by atoms with van der Waals surface area (Å²) in [5, 5.41) is 0. The SMILES string of the molecule is C=CC[CH]C[Si](C)(C)C. The summed E-state index contributed by atoms with van der Waals surface area (Å²) < 4.78 is 0. The van der Waals surface area contributed by atoms with E-state index in [0.29, 0.717) is 0 Å². The van der Waals surface area contributed by atoms with Gasteiger partial charge in [0.25, 0.3) is 0 Å². The summed E-state index contributed by atoms with van der Waals surface area (Å²) in [6.07, 6.45) is 5.36. The van der Waals surface area contributed by atoms with Gasteiger partial charge >= 0.3 is 0 Å².